The van der Waals surface area contributed by atoms with Crippen molar-refractivity contribution in [1.82, 2.24) is 14.8 Å². The second-order valence-electron chi connectivity index (χ2n) is 4.78. The highest BCUT2D eigenvalue weighted by Crippen LogP contribution is 2.37. The number of phenols is 1. The highest BCUT2D eigenvalue weighted by atomic mass is 19.4. The Bertz CT molecular complexity index is 695. The van der Waals surface area contributed by atoms with Crippen LogP contribution in [0.5, 0.6) is 5.75 Å². The number of aromatic nitrogens is 3. The SMILES string of the molecule is CC(C)n1ncnc1NC(=O)c1cccc(C(F)(F)F)c1O. The zero-order valence-electron chi connectivity index (χ0n) is 11.7. The second-order valence-corrected chi connectivity index (χ2v) is 4.78. The first-order valence-electron chi connectivity index (χ1n) is 6.32. The maximum Gasteiger partial charge on any atom is 0.419 e. The molecule has 0 aliphatic rings. The molecule has 0 fully saturated rings. The number of anilines is 1. The molecule has 1 heterocycles. The third-order valence-corrected chi connectivity index (χ3v) is 2.87. The fourth-order valence-electron chi connectivity index (χ4n) is 1.84. The van der Waals surface area contributed by atoms with Crippen LogP contribution >= 0.6 is 0 Å². The standard InChI is InChI=1S/C13H13F3N4O2/c1-7(2)20-12(17-6-18-20)19-11(22)8-4-3-5-9(10(8)21)13(14,15)16/h3-7,21H,1-2H3,(H,17,18,19,22). The summed E-state index contributed by atoms with van der Waals surface area (Å²) in [4.78, 5) is 15.9. The van der Waals surface area contributed by atoms with Crippen LogP contribution in [0.1, 0.15) is 35.8 Å². The molecule has 0 spiro atoms. The number of hydrogen-bond donors (Lipinski definition) is 2. The number of alkyl halides is 3. The Morgan fingerprint density at radius 1 is 1.36 bits per heavy atom. The molecule has 2 N–H and O–H groups in total. The van der Waals surface area contributed by atoms with Gasteiger partial charge in [-0.05, 0) is 26.0 Å². The minimum atomic E-state index is -4.75. The van der Waals surface area contributed by atoms with Gasteiger partial charge in [0.15, 0.2) is 0 Å². The van der Waals surface area contributed by atoms with Gasteiger partial charge in [0.1, 0.15) is 12.1 Å². The van der Waals surface area contributed by atoms with Crippen LogP contribution in [-0.2, 0) is 6.18 Å². The predicted molar refractivity (Wildman–Crippen MR) is 71.5 cm³/mol. The van der Waals surface area contributed by atoms with Crippen LogP contribution in [-0.4, -0.2) is 25.8 Å². The quantitative estimate of drug-likeness (QED) is 0.913. The van der Waals surface area contributed by atoms with E-state index in [-0.39, 0.29) is 12.0 Å². The Hall–Kier alpha value is -2.58. The molecule has 0 unspecified atom stereocenters. The Morgan fingerprint density at radius 2 is 2.05 bits per heavy atom. The van der Waals surface area contributed by atoms with Crippen LogP contribution in [0.4, 0.5) is 19.1 Å². The van der Waals surface area contributed by atoms with Gasteiger partial charge in [0.2, 0.25) is 5.95 Å². The number of aromatic hydroxyl groups is 1. The van der Waals surface area contributed by atoms with E-state index in [0.717, 1.165) is 12.1 Å². The number of carbonyl (C=O) groups excluding carboxylic acids is 1. The summed E-state index contributed by atoms with van der Waals surface area (Å²) >= 11 is 0. The number of amides is 1. The molecule has 0 bridgehead atoms. The van der Waals surface area contributed by atoms with E-state index >= 15 is 0 Å². The first-order chi connectivity index (χ1) is 10.2. The lowest BCUT2D eigenvalue weighted by Gasteiger charge is -2.13. The van der Waals surface area contributed by atoms with Crippen molar-refractivity contribution >= 4 is 11.9 Å². The maximum atomic E-state index is 12.7. The zero-order valence-corrected chi connectivity index (χ0v) is 11.7. The summed E-state index contributed by atoms with van der Waals surface area (Å²) < 4.78 is 39.6. The Labute approximate surface area is 123 Å². The van der Waals surface area contributed by atoms with Gasteiger partial charge in [0.25, 0.3) is 5.91 Å². The van der Waals surface area contributed by atoms with Gasteiger partial charge in [-0.2, -0.15) is 23.3 Å². The van der Waals surface area contributed by atoms with Gasteiger partial charge in [0.05, 0.1) is 17.2 Å². The minimum absolute atomic E-state index is 0.0804. The van der Waals surface area contributed by atoms with Gasteiger partial charge in [-0.3, -0.25) is 10.1 Å². The summed E-state index contributed by atoms with van der Waals surface area (Å²) in [5.41, 5.74) is -1.77. The number of phenolic OH excluding ortho intramolecular Hbond substituents is 1. The smallest absolute Gasteiger partial charge is 0.419 e. The summed E-state index contributed by atoms with van der Waals surface area (Å²) in [6.45, 7) is 3.60. The van der Waals surface area contributed by atoms with E-state index < -0.39 is 29.0 Å². The van der Waals surface area contributed by atoms with Crippen LogP contribution in [0.3, 0.4) is 0 Å². The van der Waals surface area contributed by atoms with Gasteiger partial charge in [-0.15, -0.1) is 0 Å². The molecule has 9 heteroatoms. The maximum absolute atomic E-state index is 12.7. The van der Waals surface area contributed by atoms with Crippen molar-refractivity contribution in [3.63, 3.8) is 0 Å². The topological polar surface area (TPSA) is 80.0 Å². The number of hydrogen-bond acceptors (Lipinski definition) is 4. The van der Waals surface area contributed by atoms with Crippen molar-refractivity contribution in [3.8, 4) is 5.75 Å². The van der Waals surface area contributed by atoms with Gasteiger partial charge in [0, 0.05) is 0 Å². The summed E-state index contributed by atoms with van der Waals surface area (Å²) in [5.74, 6) is -1.95. The molecule has 0 saturated heterocycles. The van der Waals surface area contributed by atoms with E-state index in [2.05, 4.69) is 15.4 Å². The number of carbonyl (C=O) groups is 1. The molecule has 1 aromatic heterocycles. The fourth-order valence-corrected chi connectivity index (χ4v) is 1.84. The van der Waals surface area contributed by atoms with E-state index in [1.54, 1.807) is 13.8 Å². The molecular weight excluding hydrogens is 301 g/mol. The normalized spacial score (nSPS) is 11.7. The second kappa shape index (κ2) is 5.66. The first-order valence-corrected chi connectivity index (χ1v) is 6.32. The summed E-state index contributed by atoms with van der Waals surface area (Å²) in [5, 5.41) is 15.9. The van der Waals surface area contributed by atoms with Gasteiger partial charge in [-0.1, -0.05) is 6.07 Å². The van der Waals surface area contributed by atoms with Crippen LogP contribution in [0, 0.1) is 0 Å². The molecule has 1 aromatic carbocycles. The number of nitrogens with one attached hydrogen (secondary N) is 1. The van der Waals surface area contributed by atoms with Gasteiger partial charge < -0.3 is 5.11 Å². The van der Waals surface area contributed by atoms with Gasteiger partial charge in [-0.25, -0.2) is 4.68 Å². The highest BCUT2D eigenvalue weighted by Gasteiger charge is 2.35. The Kier molecular flexibility index (Phi) is 4.07. The van der Waals surface area contributed by atoms with Crippen LogP contribution in [0.2, 0.25) is 0 Å². The largest absolute Gasteiger partial charge is 0.506 e. The van der Waals surface area contributed by atoms with Crippen molar-refractivity contribution < 1.29 is 23.1 Å². The lowest BCUT2D eigenvalue weighted by Crippen LogP contribution is -2.18. The van der Waals surface area contributed by atoms with Crippen molar-refractivity contribution in [1.29, 1.82) is 0 Å². The zero-order chi connectivity index (χ0) is 16.5. The molecule has 0 aliphatic carbocycles. The van der Waals surface area contributed by atoms with Crippen molar-refractivity contribution in [2.75, 3.05) is 5.32 Å². The molecular formula is C13H13F3N4O2. The van der Waals surface area contributed by atoms with Crippen LogP contribution in [0.15, 0.2) is 24.5 Å². The first kappa shape index (κ1) is 15.8. The number of benzene rings is 1. The minimum Gasteiger partial charge on any atom is -0.506 e. The Balaban J connectivity index is 2.33. The van der Waals surface area contributed by atoms with Gasteiger partial charge >= 0.3 is 6.18 Å². The average molecular weight is 314 g/mol. The van der Waals surface area contributed by atoms with Crippen LogP contribution in [0.25, 0.3) is 0 Å². The average Bonchev–Trinajstić information content (AvgIpc) is 2.85. The van der Waals surface area contributed by atoms with Crippen molar-refractivity contribution in [2.45, 2.75) is 26.1 Å². The van der Waals surface area contributed by atoms with E-state index in [1.807, 2.05) is 0 Å². The molecule has 118 valence electrons. The van der Waals surface area contributed by atoms with E-state index in [4.69, 9.17) is 0 Å². The molecule has 0 aliphatic heterocycles. The number of halogens is 3. The summed E-state index contributed by atoms with van der Waals surface area (Å²) in [7, 11) is 0. The molecule has 1 amide bonds. The number of nitrogens with zero attached hydrogens (tertiary/aromatic N) is 3. The summed E-state index contributed by atoms with van der Waals surface area (Å²) in [6, 6.07) is 2.73. The van der Waals surface area contributed by atoms with Crippen molar-refractivity contribution in [3.05, 3.63) is 35.7 Å². The molecule has 6 nitrogen and oxygen atoms in total. The molecule has 0 saturated carbocycles. The predicted octanol–water partition coefficient (Wildman–Crippen LogP) is 2.84. The van der Waals surface area contributed by atoms with E-state index in [0.29, 0.717) is 6.07 Å². The third kappa shape index (κ3) is 3.02. The summed E-state index contributed by atoms with van der Waals surface area (Å²) in [6.07, 6.45) is -3.54. The number of para-hydroxylation sites is 1. The highest BCUT2D eigenvalue weighted by molar-refractivity contribution is 6.05. The molecule has 2 rings (SSSR count). The van der Waals surface area contributed by atoms with E-state index in [9.17, 15) is 23.1 Å². The Morgan fingerprint density at radius 3 is 2.64 bits per heavy atom. The molecule has 22 heavy (non-hydrogen) atoms. The fraction of sp³-hybridized carbons (Fsp3) is 0.308. The molecule has 2 aromatic rings. The van der Waals surface area contributed by atoms with Crippen LogP contribution < -0.4 is 5.32 Å². The monoisotopic (exact) mass is 314 g/mol. The molecule has 0 atom stereocenters. The lowest BCUT2D eigenvalue weighted by atomic mass is 10.1. The third-order valence-electron chi connectivity index (χ3n) is 2.87. The molecule has 0 radical (unpaired) electrons. The lowest BCUT2D eigenvalue weighted by molar-refractivity contribution is -0.138. The number of rotatable bonds is 3. The van der Waals surface area contributed by atoms with E-state index in [1.165, 1.54) is 11.0 Å². The van der Waals surface area contributed by atoms with Crippen molar-refractivity contribution in [2.24, 2.45) is 0 Å².